The zero-order valence-electron chi connectivity index (χ0n) is 13.9. The Balaban J connectivity index is 0.00000225. The molecule has 8 heteroatoms. The van der Waals surface area contributed by atoms with Crippen LogP contribution in [0.4, 0.5) is 0 Å². The number of hydrogen-bond donors (Lipinski definition) is 2. The van der Waals surface area contributed by atoms with Crippen LogP contribution in [-0.4, -0.2) is 45.6 Å². The van der Waals surface area contributed by atoms with Gasteiger partial charge >= 0.3 is 0 Å². The Labute approximate surface area is 152 Å². The molecule has 3 rings (SSSR count). The van der Waals surface area contributed by atoms with Crippen molar-refractivity contribution in [3.63, 3.8) is 0 Å². The maximum atomic E-state index is 12.1. The van der Waals surface area contributed by atoms with Gasteiger partial charge in [-0.25, -0.2) is 9.97 Å². The van der Waals surface area contributed by atoms with Gasteiger partial charge in [-0.3, -0.25) is 4.79 Å². The summed E-state index contributed by atoms with van der Waals surface area (Å²) in [4.78, 5) is 22.6. The lowest BCUT2D eigenvalue weighted by molar-refractivity contribution is -0.134. The Hall–Kier alpha value is -2.22. The van der Waals surface area contributed by atoms with Crippen molar-refractivity contribution in [1.29, 1.82) is 0 Å². The smallest absolute Gasteiger partial charge is 0.242 e. The number of aliphatic hydroxyl groups excluding tert-OH is 1. The molecule has 1 aromatic carbocycles. The minimum absolute atomic E-state index is 0. The van der Waals surface area contributed by atoms with Gasteiger partial charge in [0, 0.05) is 24.7 Å². The van der Waals surface area contributed by atoms with E-state index in [1.807, 2.05) is 24.3 Å². The minimum atomic E-state index is -0.883. The molecular formula is C17H21ClN4O3. The number of hydrogen-bond acceptors (Lipinski definition) is 6. The third-order valence-corrected chi connectivity index (χ3v) is 4.05. The molecule has 0 fully saturated rings. The molecule has 1 aliphatic heterocycles. The second-order valence-electron chi connectivity index (χ2n) is 5.77. The van der Waals surface area contributed by atoms with Crippen molar-refractivity contribution < 1.29 is 14.6 Å². The Morgan fingerprint density at radius 3 is 2.72 bits per heavy atom. The highest BCUT2D eigenvalue weighted by atomic mass is 35.5. The average molecular weight is 365 g/mol. The fraction of sp³-hybridized carbons (Fsp3) is 0.353. The van der Waals surface area contributed by atoms with E-state index in [4.69, 9.17) is 15.6 Å². The summed E-state index contributed by atoms with van der Waals surface area (Å²) in [5.74, 6) is 1.25. The first-order valence-corrected chi connectivity index (χ1v) is 7.72. The zero-order chi connectivity index (χ0) is 17.1. The number of aromatic nitrogens is 2. The summed E-state index contributed by atoms with van der Waals surface area (Å²) in [5, 5.41) is 9.02. The number of ether oxygens (including phenoxy) is 1. The maximum absolute atomic E-state index is 12.1. The summed E-state index contributed by atoms with van der Waals surface area (Å²) in [6.45, 7) is 0.477. The lowest BCUT2D eigenvalue weighted by atomic mass is 10.1. The summed E-state index contributed by atoms with van der Waals surface area (Å²) in [5.41, 5.74) is 8.45. The molecule has 0 bridgehead atoms. The largest absolute Gasteiger partial charge is 0.497 e. The van der Waals surface area contributed by atoms with Crippen LogP contribution in [-0.2, 0) is 24.3 Å². The predicted molar refractivity (Wildman–Crippen MR) is 94.4 cm³/mol. The van der Waals surface area contributed by atoms with E-state index in [-0.39, 0.29) is 24.9 Å². The van der Waals surface area contributed by atoms with Crippen molar-refractivity contribution in [2.45, 2.75) is 25.6 Å². The first-order chi connectivity index (χ1) is 11.6. The quantitative estimate of drug-likeness (QED) is 0.808. The molecule has 7 nitrogen and oxygen atoms in total. The number of rotatable bonds is 5. The zero-order valence-corrected chi connectivity index (χ0v) is 14.7. The number of methoxy groups -OCH3 is 1. The van der Waals surface area contributed by atoms with Gasteiger partial charge in [0.15, 0.2) is 0 Å². The molecule has 25 heavy (non-hydrogen) atoms. The Morgan fingerprint density at radius 2 is 2.08 bits per heavy atom. The van der Waals surface area contributed by atoms with Crippen molar-refractivity contribution >= 4 is 18.3 Å². The van der Waals surface area contributed by atoms with Crippen LogP contribution in [0.5, 0.6) is 5.75 Å². The fourth-order valence-electron chi connectivity index (χ4n) is 2.67. The number of fused-ring (bicyclic) bond motifs is 1. The van der Waals surface area contributed by atoms with Crippen LogP contribution in [0.1, 0.15) is 22.6 Å². The molecule has 0 unspecified atom stereocenters. The third-order valence-electron chi connectivity index (χ3n) is 4.05. The lowest BCUT2D eigenvalue weighted by Gasteiger charge is -2.18. The van der Waals surface area contributed by atoms with Gasteiger partial charge in [-0.05, 0) is 17.7 Å². The highest BCUT2D eigenvalue weighted by Gasteiger charge is 2.28. The first-order valence-electron chi connectivity index (χ1n) is 7.72. The summed E-state index contributed by atoms with van der Waals surface area (Å²) in [6.07, 6.45) is 2.38. The van der Waals surface area contributed by atoms with E-state index < -0.39 is 6.04 Å². The summed E-state index contributed by atoms with van der Waals surface area (Å²) in [6, 6.07) is 6.88. The molecule has 1 aliphatic rings. The molecule has 1 amide bonds. The number of amides is 1. The molecule has 2 aromatic rings. The first kappa shape index (κ1) is 19.1. The van der Waals surface area contributed by atoms with Crippen molar-refractivity contribution in [1.82, 2.24) is 14.9 Å². The number of halogens is 1. The van der Waals surface area contributed by atoms with Gasteiger partial charge in [-0.2, -0.15) is 0 Å². The van der Waals surface area contributed by atoms with E-state index in [2.05, 4.69) is 9.97 Å². The lowest BCUT2D eigenvalue weighted by Crippen LogP contribution is -2.43. The van der Waals surface area contributed by atoms with Crippen LogP contribution in [0.15, 0.2) is 30.5 Å². The predicted octanol–water partition coefficient (Wildman–Crippen LogP) is 0.660. The molecule has 134 valence electrons. The van der Waals surface area contributed by atoms with Crippen LogP contribution < -0.4 is 10.5 Å². The molecular weight excluding hydrogens is 344 g/mol. The molecule has 0 spiro atoms. The summed E-state index contributed by atoms with van der Waals surface area (Å²) < 4.78 is 5.15. The monoisotopic (exact) mass is 364 g/mol. The van der Waals surface area contributed by atoms with Crippen LogP contribution in [0.3, 0.4) is 0 Å². The van der Waals surface area contributed by atoms with Gasteiger partial charge in [0.1, 0.15) is 17.6 Å². The minimum Gasteiger partial charge on any atom is -0.497 e. The number of carbonyl (C=O) groups is 1. The molecule has 0 saturated carbocycles. The topological polar surface area (TPSA) is 102 Å². The van der Waals surface area contributed by atoms with Crippen molar-refractivity contribution in [3.8, 4) is 5.75 Å². The number of nitrogens with two attached hydrogens (primary N) is 1. The standard InChI is InChI=1S/C17H20N4O3.ClH/c1-24-13-4-2-11(3-5-13)6-16-19-7-12-8-21(9-15(12)20-16)17(23)14(18)10-22;/h2-5,7,14,22H,6,8-10,18H2,1H3;1H/t14-;/m0./s1. The summed E-state index contributed by atoms with van der Waals surface area (Å²) >= 11 is 0. The van der Waals surface area contributed by atoms with Crippen LogP contribution in [0, 0.1) is 0 Å². The van der Waals surface area contributed by atoms with E-state index in [1.165, 1.54) is 0 Å². The van der Waals surface area contributed by atoms with E-state index >= 15 is 0 Å². The Kier molecular flexibility index (Phi) is 6.30. The highest BCUT2D eigenvalue weighted by molar-refractivity contribution is 5.85. The Morgan fingerprint density at radius 1 is 1.36 bits per heavy atom. The third kappa shape index (κ3) is 4.25. The van der Waals surface area contributed by atoms with E-state index in [0.717, 1.165) is 22.6 Å². The van der Waals surface area contributed by atoms with Gasteiger partial charge in [-0.15, -0.1) is 12.4 Å². The van der Waals surface area contributed by atoms with Crippen LogP contribution >= 0.6 is 12.4 Å². The molecule has 0 aliphatic carbocycles. The number of nitrogens with zero attached hydrogens (tertiary/aromatic N) is 3. The van der Waals surface area contributed by atoms with E-state index in [0.29, 0.717) is 25.3 Å². The second-order valence-corrected chi connectivity index (χ2v) is 5.77. The average Bonchev–Trinajstić information content (AvgIpc) is 3.04. The number of benzene rings is 1. The molecule has 3 N–H and O–H groups in total. The van der Waals surface area contributed by atoms with Crippen LogP contribution in [0.2, 0.25) is 0 Å². The fourth-order valence-corrected chi connectivity index (χ4v) is 2.67. The SMILES string of the molecule is COc1ccc(Cc2ncc3c(n2)CN(C(=O)[C@@H](N)CO)C3)cc1.Cl. The number of aliphatic hydroxyl groups is 1. The van der Waals surface area contributed by atoms with Gasteiger partial charge in [0.05, 0.1) is 26.0 Å². The summed E-state index contributed by atoms with van der Waals surface area (Å²) in [7, 11) is 1.63. The molecule has 1 atom stereocenters. The van der Waals surface area contributed by atoms with Gasteiger partial charge in [0.25, 0.3) is 0 Å². The normalized spacial score (nSPS) is 13.8. The van der Waals surface area contributed by atoms with E-state index in [1.54, 1.807) is 18.2 Å². The molecule has 2 heterocycles. The van der Waals surface area contributed by atoms with E-state index in [9.17, 15) is 4.79 Å². The Bertz CT molecular complexity index is 739. The van der Waals surface area contributed by atoms with Crippen molar-refractivity contribution in [3.05, 3.63) is 53.1 Å². The van der Waals surface area contributed by atoms with Gasteiger partial charge in [0.2, 0.25) is 5.91 Å². The maximum Gasteiger partial charge on any atom is 0.242 e. The van der Waals surface area contributed by atoms with Crippen LogP contribution in [0.25, 0.3) is 0 Å². The van der Waals surface area contributed by atoms with Gasteiger partial charge < -0.3 is 20.5 Å². The second kappa shape index (κ2) is 8.24. The van der Waals surface area contributed by atoms with Crippen molar-refractivity contribution in [2.24, 2.45) is 5.73 Å². The van der Waals surface area contributed by atoms with Gasteiger partial charge in [-0.1, -0.05) is 12.1 Å². The highest BCUT2D eigenvalue weighted by Crippen LogP contribution is 2.21. The molecule has 1 aromatic heterocycles. The van der Waals surface area contributed by atoms with Crippen molar-refractivity contribution in [2.75, 3.05) is 13.7 Å². The molecule has 0 radical (unpaired) electrons. The molecule has 0 saturated heterocycles. The number of carbonyl (C=O) groups excluding carboxylic acids is 1.